The van der Waals surface area contributed by atoms with Gasteiger partial charge >= 0.3 is 5.97 Å². The summed E-state index contributed by atoms with van der Waals surface area (Å²) >= 11 is 0. The van der Waals surface area contributed by atoms with Crippen LogP contribution in [0.25, 0.3) is 0 Å². The minimum Gasteiger partial charge on any atom is -0.468 e. The number of hydrogen-bond acceptors (Lipinski definition) is 5. The molecule has 2 unspecified atom stereocenters. The summed E-state index contributed by atoms with van der Waals surface area (Å²) in [5.41, 5.74) is 0. The van der Waals surface area contributed by atoms with Crippen molar-refractivity contribution in [3.63, 3.8) is 0 Å². The molecule has 0 aromatic heterocycles. The second kappa shape index (κ2) is 8.51. The van der Waals surface area contributed by atoms with Gasteiger partial charge in [0.05, 0.1) is 13.7 Å². The van der Waals surface area contributed by atoms with E-state index in [1.807, 2.05) is 20.9 Å². The van der Waals surface area contributed by atoms with Gasteiger partial charge in [0, 0.05) is 25.7 Å². The van der Waals surface area contributed by atoms with Crippen molar-refractivity contribution < 1.29 is 14.3 Å². The summed E-state index contributed by atoms with van der Waals surface area (Å²) in [6, 6.07) is -0.00461. The Morgan fingerprint density at radius 3 is 2.79 bits per heavy atom. The summed E-state index contributed by atoms with van der Waals surface area (Å²) in [4.78, 5) is 13.9. The predicted octanol–water partition coefficient (Wildman–Crippen LogP) is 0.884. The average Bonchev–Trinajstić information content (AvgIpc) is 2.37. The number of esters is 1. The number of likely N-dealkylation sites (N-methyl/N-ethyl adjacent to an activating group) is 1. The smallest absolute Gasteiger partial charge is 0.324 e. The van der Waals surface area contributed by atoms with Crippen LogP contribution < -0.4 is 5.32 Å². The molecule has 0 amide bonds. The van der Waals surface area contributed by atoms with Crippen LogP contribution in [0.15, 0.2) is 0 Å². The molecular formula is C14H28N2O3. The topological polar surface area (TPSA) is 50.8 Å². The third-order valence-corrected chi connectivity index (χ3v) is 3.34. The largest absolute Gasteiger partial charge is 0.468 e. The monoisotopic (exact) mass is 272 g/mol. The lowest BCUT2D eigenvalue weighted by molar-refractivity contribution is -0.143. The van der Waals surface area contributed by atoms with Gasteiger partial charge in [0.15, 0.2) is 0 Å². The van der Waals surface area contributed by atoms with Gasteiger partial charge in [-0.1, -0.05) is 13.8 Å². The van der Waals surface area contributed by atoms with E-state index in [4.69, 9.17) is 9.47 Å². The Morgan fingerprint density at radius 2 is 2.26 bits per heavy atom. The second-order valence-electron chi connectivity index (χ2n) is 5.70. The van der Waals surface area contributed by atoms with Crippen molar-refractivity contribution >= 4 is 5.97 Å². The molecule has 0 spiro atoms. The number of nitrogens with one attached hydrogen (secondary N) is 1. The zero-order chi connectivity index (χ0) is 14.3. The Bertz CT molecular complexity index is 265. The first-order valence-electron chi connectivity index (χ1n) is 7.13. The van der Waals surface area contributed by atoms with Gasteiger partial charge in [0.1, 0.15) is 6.04 Å². The van der Waals surface area contributed by atoms with Crippen molar-refractivity contribution in [1.29, 1.82) is 0 Å². The number of hydrogen-bond donors (Lipinski definition) is 1. The van der Waals surface area contributed by atoms with E-state index < -0.39 is 0 Å². The quantitative estimate of drug-likeness (QED) is 0.697. The van der Waals surface area contributed by atoms with E-state index >= 15 is 0 Å². The van der Waals surface area contributed by atoms with Crippen LogP contribution in [0, 0.1) is 5.92 Å². The normalized spacial score (nSPS) is 21.7. The number of ether oxygens (including phenoxy) is 2. The third kappa shape index (κ3) is 6.36. The summed E-state index contributed by atoms with van der Waals surface area (Å²) in [6.07, 6.45) is 2.36. The third-order valence-electron chi connectivity index (χ3n) is 3.34. The van der Waals surface area contributed by atoms with E-state index in [-0.39, 0.29) is 18.1 Å². The zero-order valence-corrected chi connectivity index (χ0v) is 12.6. The van der Waals surface area contributed by atoms with Crippen LogP contribution in [0.2, 0.25) is 0 Å². The van der Waals surface area contributed by atoms with Crippen LogP contribution in [-0.4, -0.2) is 63.4 Å². The Balaban J connectivity index is 2.40. The molecule has 1 fully saturated rings. The molecular weight excluding hydrogens is 244 g/mol. The highest BCUT2D eigenvalue weighted by Gasteiger charge is 2.23. The molecule has 0 aromatic rings. The van der Waals surface area contributed by atoms with Gasteiger partial charge in [-0.05, 0) is 25.8 Å². The summed E-state index contributed by atoms with van der Waals surface area (Å²) < 4.78 is 10.3. The maximum absolute atomic E-state index is 11.7. The summed E-state index contributed by atoms with van der Waals surface area (Å²) in [5.74, 6) is 0.386. The highest BCUT2D eigenvalue weighted by atomic mass is 16.5. The Morgan fingerprint density at radius 1 is 1.53 bits per heavy atom. The first-order chi connectivity index (χ1) is 9.02. The second-order valence-corrected chi connectivity index (χ2v) is 5.70. The number of nitrogens with zero attached hydrogens (tertiary/aromatic N) is 1. The van der Waals surface area contributed by atoms with Crippen LogP contribution in [0.5, 0.6) is 0 Å². The molecule has 112 valence electrons. The van der Waals surface area contributed by atoms with E-state index in [1.54, 1.807) is 0 Å². The molecule has 1 saturated heterocycles. The number of rotatable bonds is 7. The summed E-state index contributed by atoms with van der Waals surface area (Å²) in [7, 11) is 3.48. The average molecular weight is 272 g/mol. The predicted molar refractivity (Wildman–Crippen MR) is 75.1 cm³/mol. The maximum atomic E-state index is 11.7. The Hall–Kier alpha value is -0.650. The fraction of sp³-hybridized carbons (Fsp3) is 0.929. The fourth-order valence-electron chi connectivity index (χ4n) is 2.52. The number of carbonyl (C=O) groups excluding carboxylic acids is 1. The molecule has 0 saturated carbocycles. The lowest BCUT2D eigenvalue weighted by Crippen LogP contribution is -2.49. The van der Waals surface area contributed by atoms with Crippen LogP contribution in [0.1, 0.15) is 26.7 Å². The van der Waals surface area contributed by atoms with Gasteiger partial charge in [-0.2, -0.15) is 0 Å². The number of carbonyl (C=O) groups is 1. The molecule has 0 aromatic carbocycles. The molecule has 19 heavy (non-hydrogen) atoms. The fourth-order valence-corrected chi connectivity index (χ4v) is 2.52. The molecule has 0 radical (unpaired) electrons. The minimum atomic E-state index is -0.264. The van der Waals surface area contributed by atoms with Crippen LogP contribution in [-0.2, 0) is 14.3 Å². The van der Waals surface area contributed by atoms with E-state index in [0.29, 0.717) is 12.5 Å². The van der Waals surface area contributed by atoms with Gasteiger partial charge in [-0.15, -0.1) is 0 Å². The lowest BCUT2D eigenvalue weighted by Gasteiger charge is -2.29. The van der Waals surface area contributed by atoms with Crippen LogP contribution in [0.4, 0.5) is 0 Å². The highest BCUT2D eigenvalue weighted by molar-refractivity contribution is 5.75. The van der Waals surface area contributed by atoms with E-state index in [9.17, 15) is 4.79 Å². The molecule has 1 heterocycles. The van der Waals surface area contributed by atoms with Gasteiger partial charge in [-0.25, -0.2) is 0 Å². The van der Waals surface area contributed by atoms with E-state index in [1.165, 1.54) is 13.5 Å². The van der Waals surface area contributed by atoms with Crippen molar-refractivity contribution in [1.82, 2.24) is 10.2 Å². The van der Waals surface area contributed by atoms with E-state index in [2.05, 4.69) is 10.2 Å². The molecule has 1 aliphatic heterocycles. The first-order valence-corrected chi connectivity index (χ1v) is 7.13. The number of methoxy groups -OCH3 is 1. The Labute approximate surface area is 116 Å². The molecule has 1 aliphatic rings. The van der Waals surface area contributed by atoms with Gasteiger partial charge in [-0.3, -0.25) is 4.79 Å². The summed E-state index contributed by atoms with van der Waals surface area (Å²) in [6.45, 7) is 7.43. The SMILES string of the molecule is COC(=O)C(CN(C)CC1CCCOC1)NC(C)C. The Kier molecular flexibility index (Phi) is 7.34. The first kappa shape index (κ1) is 16.4. The van der Waals surface area contributed by atoms with Crippen molar-refractivity contribution in [3.05, 3.63) is 0 Å². The van der Waals surface area contributed by atoms with Gasteiger partial charge < -0.3 is 19.7 Å². The summed E-state index contributed by atoms with van der Waals surface area (Å²) in [5, 5.41) is 3.25. The van der Waals surface area contributed by atoms with Gasteiger partial charge in [0.25, 0.3) is 0 Å². The lowest BCUT2D eigenvalue weighted by atomic mass is 10.0. The van der Waals surface area contributed by atoms with Crippen molar-refractivity contribution in [2.75, 3.05) is 40.5 Å². The zero-order valence-electron chi connectivity index (χ0n) is 12.6. The molecule has 1 N–H and O–H groups in total. The van der Waals surface area contributed by atoms with Crippen molar-refractivity contribution in [2.45, 2.75) is 38.8 Å². The van der Waals surface area contributed by atoms with Crippen LogP contribution >= 0.6 is 0 Å². The van der Waals surface area contributed by atoms with Crippen LogP contribution in [0.3, 0.4) is 0 Å². The molecule has 1 rings (SSSR count). The highest BCUT2D eigenvalue weighted by Crippen LogP contribution is 2.14. The minimum absolute atomic E-state index is 0.194. The molecule has 2 atom stereocenters. The van der Waals surface area contributed by atoms with Crippen molar-refractivity contribution in [3.8, 4) is 0 Å². The van der Waals surface area contributed by atoms with E-state index in [0.717, 1.165) is 26.2 Å². The molecule has 5 heteroatoms. The molecule has 5 nitrogen and oxygen atoms in total. The molecule has 0 aliphatic carbocycles. The maximum Gasteiger partial charge on any atom is 0.324 e. The molecule has 0 bridgehead atoms. The van der Waals surface area contributed by atoms with Crippen molar-refractivity contribution in [2.24, 2.45) is 5.92 Å². The standard InChI is InChI=1S/C14H28N2O3/c1-11(2)15-13(14(17)18-4)9-16(3)8-12-6-5-7-19-10-12/h11-13,15H,5-10H2,1-4H3. The van der Waals surface area contributed by atoms with Gasteiger partial charge in [0.2, 0.25) is 0 Å².